The number of hydrogen-bond donors (Lipinski definition) is 2. The first kappa shape index (κ1) is 17.4. The highest BCUT2D eigenvalue weighted by molar-refractivity contribution is 7.17. The van der Waals surface area contributed by atoms with E-state index in [0.717, 1.165) is 5.69 Å². The number of rotatable bonds is 4. The third-order valence-corrected chi connectivity index (χ3v) is 4.84. The molecule has 0 atom stereocenters. The number of carbonyl (C=O) groups excluding carboxylic acids is 1. The van der Waals surface area contributed by atoms with Gasteiger partial charge in [-0.25, -0.2) is 9.37 Å². The standard InChI is InChI=1S/C18H15ClFN3OS/c1-10-3-5-12(6-4-10)23-18-21-11(2)16(25-18)17(24)22-13-7-8-15(20)14(19)9-13/h3-9H,1-2H3,(H,21,23)(H,22,24). The highest BCUT2D eigenvalue weighted by Crippen LogP contribution is 2.27. The molecule has 0 aliphatic carbocycles. The van der Waals surface area contributed by atoms with E-state index in [1.54, 1.807) is 6.92 Å². The van der Waals surface area contributed by atoms with Gasteiger partial charge in [-0.3, -0.25) is 4.79 Å². The van der Waals surface area contributed by atoms with Gasteiger partial charge in [-0.2, -0.15) is 0 Å². The van der Waals surface area contributed by atoms with E-state index in [1.165, 1.54) is 35.1 Å². The summed E-state index contributed by atoms with van der Waals surface area (Å²) in [6, 6.07) is 11.9. The number of carbonyl (C=O) groups is 1. The first-order valence-electron chi connectivity index (χ1n) is 7.50. The minimum atomic E-state index is -0.529. The van der Waals surface area contributed by atoms with Crippen molar-refractivity contribution in [3.63, 3.8) is 0 Å². The summed E-state index contributed by atoms with van der Waals surface area (Å²) < 4.78 is 13.2. The van der Waals surface area contributed by atoms with Crippen LogP contribution in [0.1, 0.15) is 20.9 Å². The third kappa shape index (κ3) is 4.15. The zero-order valence-electron chi connectivity index (χ0n) is 13.6. The van der Waals surface area contributed by atoms with Crippen LogP contribution >= 0.6 is 22.9 Å². The van der Waals surface area contributed by atoms with Crippen molar-refractivity contribution in [3.8, 4) is 0 Å². The third-order valence-electron chi connectivity index (χ3n) is 3.48. The Morgan fingerprint density at radius 1 is 1.12 bits per heavy atom. The molecule has 25 heavy (non-hydrogen) atoms. The van der Waals surface area contributed by atoms with Gasteiger partial charge in [-0.05, 0) is 44.2 Å². The molecule has 128 valence electrons. The number of thiazole rings is 1. The van der Waals surface area contributed by atoms with E-state index in [9.17, 15) is 9.18 Å². The molecular weight excluding hydrogens is 361 g/mol. The second kappa shape index (κ2) is 7.21. The molecule has 3 rings (SSSR count). The minimum absolute atomic E-state index is 0.0412. The van der Waals surface area contributed by atoms with E-state index in [-0.39, 0.29) is 10.9 Å². The van der Waals surface area contributed by atoms with Crippen LogP contribution in [0.2, 0.25) is 5.02 Å². The van der Waals surface area contributed by atoms with Crippen molar-refractivity contribution in [3.05, 3.63) is 69.4 Å². The van der Waals surface area contributed by atoms with Gasteiger partial charge in [0.15, 0.2) is 5.13 Å². The molecule has 3 aromatic rings. The molecule has 4 nitrogen and oxygen atoms in total. The van der Waals surface area contributed by atoms with Crippen LogP contribution in [0.5, 0.6) is 0 Å². The molecule has 2 aromatic carbocycles. The van der Waals surface area contributed by atoms with Crippen LogP contribution in [0, 0.1) is 19.7 Å². The number of aryl methyl sites for hydroxylation is 2. The molecule has 7 heteroatoms. The summed E-state index contributed by atoms with van der Waals surface area (Å²) in [5, 5.41) is 6.48. The van der Waals surface area contributed by atoms with Crippen molar-refractivity contribution in [1.29, 1.82) is 0 Å². The first-order chi connectivity index (χ1) is 11.9. The number of benzene rings is 2. The molecule has 2 N–H and O–H groups in total. The zero-order chi connectivity index (χ0) is 18.0. The summed E-state index contributed by atoms with van der Waals surface area (Å²) in [5.41, 5.74) is 3.11. The molecule has 0 bridgehead atoms. The number of hydrogen-bond acceptors (Lipinski definition) is 4. The van der Waals surface area contributed by atoms with Crippen LogP contribution < -0.4 is 10.6 Å². The fourth-order valence-electron chi connectivity index (χ4n) is 2.18. The second-order valence-corrected chi connectivity index (χ2v) is 6.91. The highest BCUT2D eigenvalue weighted by atomic mass is 35.5. The quantitative estimate of drug-likeness (QED) is 0.628. The van der Waals surface area contributed by atoms with Crippen molar-refractivity contribution < 1.29 is 9.18 Å². The monoisotopic (exact) mass is 375 g/mol. The Labute approximate surface area is 153 Å². The lowest BCUT2D eigenvalue weighted by atomic mass is 10.2. The Morgan fingerprint density at radius 3 is 2.48 bits per heavy atom. The summed E-state index contributed by atoms with van der Waals surface area (Å²) in [7, 11) is 0. The van der Waals surface area contributed by atoms with Gasteiger partial charge in [-0.15, -0.1) is 0 Å². The molecule has 1 amide bonds. The molecule has 0 saturated heterocycles. The molecule has 0 fully saturated rings. The van der Waals surface area contributed by atoms with Crippen LogP contribution in [0.3, 0.4) is 0 Å². The SMILES string of the molecule is Cc1ccc(Nc2nc(C)c(C(=O)Nc3ccc(F)c(Cl)c3)s2)cc1. The van der Waals surface area contributed by atoms with Gasteiger partial charge < -0.3 is 10.6 Å². The Morgan fingerprint density at radius 2 is 1.80 bits per heavy atom. The molecule has 0 aliphatic rings. The van der Waals surface area contributed by atoms with Crippen molar-refractivity contribution in [2.75, 3.05) is 10.6 Å². The molecule has 0 aliphatic heterocycles. The molecule has 0 radical (unpaired) electrons. The summed E-state index contributed by atoms with van der Waals surface area (Å²) >= 11 is 6.99. The highest BCUT2D eigenvalue weighted by Gasteiger charge is 2.16. The van der Waals surface area contributed by atoms with E-state index in [2.05, 4.69) is 15.6 Å². The molecule has 0 unspecified atom stereocenters. The van der Waals surface area contributed by atoms with Crippen LogP contribution in [0.25, 0.3) is 0 Å². The number of nitrogens with one attached hydrogen (secondary N) is 2. The lowest BCUT2D eigenvalue weighted by molar-refractivity contribution is 0.103. The van der Waals surface area contributed by atoms with Crippen LogP contribution in [-0.4, -0.2) is 10.9 Å². The van der Waals surface area contributed by atoms with Gasteiger partial charge >= 0.3 is 0 Å². The maximum atomic E-state index is 13.2. The van der Waals surface area contributed by atoms with Crippen LogP contribution in [0.4, 0.5) is 20.9 Å². The minimum Gasteiger partial charge on any atom is -0.332 e. The topological polar surface area (TPSA) is 54.0 Å². The van der Waals surface area contributed by atoms with Crippen molar-refractivity contribution in [2.24, 2.45) is 0 Å². The Hall–Kier alpha value is -2.44. The molecule has 1 heterocycles. The molecule has 0 saturated carbocycles. The number of aromatic nitrogens is 1. The molecule has 0 spiro atoms. The van der Waals surface area contributed by atoms with Crippen molar-refractivity contribution in [1.82, 2.24) is 4.98 Å². The predicted octanol–water partition coefficient (Wildman–Crippen LogP) is 5.55. The predicted molar refractivity (Wildman–Crippen MR) is 101 cm³/mol. The van der Waals surface area contributed by atoms with Gasteiger partial charge in [0.2, 0.25) is 0 Å². The summed E-state index contributed by atoms with van der Waals surface area (Å²) in [6.45, 7) is 3.78. The van der Waals surface area contributed by atoms with E-state index in [4.69, 9.17) is 11.6 Å². The molecule has 1 aromatic heterocycles. The van der Waals surface area contributed by atoms with Crippen molar-refractivity contribution in [2.45, 2.75) is 13.8 Å². The van der Waals surface area contributed by atoms with E-state index < -0.39 is 5.82 Å². The van der Waals surface area contributed by atoms with E-state index in [0.29, 0.717) is 21.4 Å². The average molecular weight is 376 g/mol. The summed E-state index contributed by atoms with van der Waals surface area (Å²) in [5.74, 6) is -0.840. The largest absolute Gasteiger partial charge is 0.332 e. The number of amides is 1. The van der Waals surface area contributed by atoms with Crippen LogP contribution in [-0.2, 0) is 0 Å². The fourth-order valence-corrected chi connectivity index (χ4v) is 3.25. The van der Waals surface area contributed by atoms with Gasteiger partial charge in [0, 0.05) is 11.4 Å². The lowest BCUT2D eigenvalue weighted by Crippen LogP contribution is -2.11. The summed E-state index contributed by atoms with van der Waals surface area (Å²) in [4.78, 5) is 17.3. The normalized spacial score (nSPS) is 10.6. The lowest BCUT2D eigenvalue weighted by Gasteiger charge is -2.05. The Bertz CT molecular complexity index is 925. The average Bonchev–Trinajstić information content (AvgIpc) is 2.94. The number of anilines is 3. The maximum absolute atomic E-state index is 13.2. The maximum Gasteiger partial charge on any atom is 0.267 e. The van der Waals surface area contributed by atoms with Gasteiger partial charge in [0.25, 0.3) is 5.91 Å². The van der Waals surface area contributed by atoms with Gasteiger partial charge in [-0.1, -0.05) is 40.6 Å². The Balaban J connectivity index is 1.75. The number of nitrogens with zero attached hydrogens (tertiary/aromatic N) is 1. The van der Waals surface area contributed by atoms with Gasteiger partial charge in [0.1, 0.15) is 10.7 Å². The van der Waals surface area contributed by atoms with E-state index in [1.807, 2.05) is 31.2 Å². The fraction of sp³-hybridized carbons (Fsp3) is 0.111. The van der Waals surface area contributed by atoms with Gasteiger partial charge in [0.05, 0.1) is 10.7 Å². The first-order valence-corrected chi connectivity index (χ1v) is 8.69. The smallest absolute Gasteiger partial charge is 0.267 e. The Kier molecular flexibility index (Phi) is 5.01. The van der Waals surface area contributed by atoms with E-state index >= 15 is 0 Å². The zero-order valence-corrected chi connectivity index (χ0v) is 15.1. The number of halogens is 2. The second-order valence-electron chi connectivity index (χ2n) is 5.51. The molecular formula is C18H15ClFN3OS. The summed E-state index contributed by atoms with van der Waals surface area (Å²) in [6.07, 6.45) is 0. The van der Waals surface area contributed by atoms with Crippen LogP contribution in [0.15, 0.2) is 42.5 Å². The van der Waals surface area contributed by atoms with Crippen molar-refractivity contribution >= 4 is 45.4 Å².